The molecule has 0 bridgehead atoms. The second-order valence-corrected chi connectivity index (χ2v) is 8.45. The van der Waals surface area contributed by atoms with Crippen molar-refractivity contribution < 1.29 is 9.31 Å². The molecule has 1 aromatic rings. The lowest BCUT2D eigenvalue weighted by Gasteiger charge is -2.32. The molecule has 4 heteroatoms. The molecule has 2 unspecified atom stereocenters. The normalized spacial score (nSPS) is 30.1. The van der Waals surface area contributed by atoms with E-state index in [0.29, 0.717) is 6.04 Å². The second-order valence-electron chi connectivity index (χ2n) is 8.45. The highest BCUT2D eigenvalue weighted by Gasteiger charge is 2.51. The van der Waals surface area contributed by atoms with Crippen molar-refractivity contribution in [2.45, 2.75) is 71.8 Å². The second kappa shape index (κ2) is 5.91. The number of benzene rings is 1. The van der Waals surface area contributed by atoms with Crippen molar-refractivity contribution >= 4 is 12.6 Å². The third-order valence-electron chi connectivity index (χ3n) is 5.78. The van der Waals surface area contributed by atoms with Gasteiger partial charge in [-0.15, -0.1) is 0 Å². The first-order valence-corrected chi connectivity index (χ1v) is 8.86. The summed E-state index contributed by atoms with van der Waals surface area (Å²) in [6.45, 7) is 15.3. The van der Waals surface area contributed by atoms with E-state index in [1.807, 2.05) is 0 Å². The van der Waals surface area contributed by atoms with Crippen LogP contribution in [-0.4, -0.2) is 35.8 Å². The van der Waals surface area contributed by atoms with Crippen molar-refractivity contribution in [2.75, 3.05) is 6.54 Å². The van der Waals surface area contributed by atoms with Crippen LogP contribution in [0.1, 0.15) is 53.5 Å². The van der Waals surface area contributed by atoms with Gasteiger partial charge in [-0.2, -0.15) is 0 Å². The van der Waals surface area contributed by atoms with Gasteiger partial charge in [0.15, 0.2) is 0 Å². The summed E-state index contributed by atoms with van der Waals surface area (Å²) in [4.78, 5) is 2.58. The molecule has 2 saturated heterocycles. The van der Waals surface area contributed by atoms with Gasteiger partial charge in [-0.05, 0) is 58.0 Å². The Morgan fingerprint density at radius 2 is 1.78 bits per heavy atom. The molecule has 23 heavy (non-hydrogen) atoms. The Labute approximate surface area is 141 Å². The van der Waals surface area contributed by atoms with E-state index in [1.165, 1.54) is 18.5 Å². The van der Waals surface area contributed by atoms with Crippen LogP contribution < -0.4 is 5.46 Å². The van der Waals surface area contributed by atoms with E-state index in [1.54, 1.807) is 0 Å². The van der Waals surface area contributed by atoms with E-state index in [9.17, 15) is 0 Å². The van der Waals surface area contributed by atoms with Crippen LogP contribution in [0.15, 0.2) is 24.3 Å². The third-order valence-corrected chi connectivity index (χ3v) is 5.78. The third kappa shape index (κ3) is 3.35. The molecule has 0 radical (unpaired) electrons. The molecule has 2 aliphatic heterocycles. The predicted octanol–water partition coefficient (Wildman–Crippen LogP) is 3.22. The lowest BCUT2D eigenvalue weighted by Crippen LogP contribution is -2.41. The smallest absolute Gasteiger partial charge is 0.399 e. The quantitative estimate of drug-likeness (QED) is 0.800. The maximum atomic E-state index is 6.18. The molecule has 0 amide bonds. The molecule has 0 spiro atoms. The van der Waals surface area contributed by atoms with Gasteiger partial charge in [-0.1, -0.05) is 31.2 Å². The van der Waals surface area contributed by atoms with Gasteiger partial charge in [0.1, 0.15) is 0 Å². The zero-order valence-corrected chi connectivity index (χ0v) is 15.4. The van der Waals surface area contributed by atoms with E-state index in [0.717, 1.165) is 17.9 Å². The maximum absolute atomic E-state index is 6.18. The number of rotatable bonds is 3. The SMILES string of the molecule is CC1CC(C)N(Cc2cccc(B3OC(C)(C)C(C)(C)O3)c2)C1. The van der Waals surface area contributed by atoms with Gasteiger partial charge in [-0.3, -0.25) is 4.90 Å². The van der Waals surface area contributed by atoms with Crippen LogP contribution in [0.4, 0.5) is 0 Å². The van der Waals surface area contributed by atoms with Crippen LogP contribution in [-0.2, 0) is 15.9 Å². The molecule has 0 aromatic heterocycles. The minimum Gasteiger partial charge on any atom is -0.399 e. The molecule has 1 aromatic carbocycles. The molecule has 3 rings (SSSR count). The standard InChI is InChI=1S/C19H30BNO2/c1-14-10-15(2)21(12-14)13-16-8-7-9-17(11-16)20-22-18(3,4)19(5,6)23-20/h7-9,11,14-15H,10,12-13H2,1-6H3. The van der Waals surface area contributed by atoms with E-state index in [4.69, 9.17) is 9.31 Å². The fourth-order valence-electron chi connectivity index (χ4n) is 3.66. The molecular weight excluding hydrogens is 285 g/mol. The van der Waals surface area contributed by atoms with E-state index >= 15 is 0 Å². The van der Waals surface area contributed by atoms with E-state index < -0.39 is 0 Å². The Morgan fingerprint density at radius 3 is 2.35 bits per heavy atom. The van der Waals surface area contributed by atoms with E-state index in [2.05, 4.69) is 70.7 Å². The first kappa shape index (κ1) is 17.0. The van der Waals surface area contributed by atoms with Crippen molar-refractivity contribution in [3.05, 3.63) is 29.8 Å². The summed E-state index contributed by atoms with van der Waals surface area (Å²) >= 11 is 0. The predicted molar refractivity (Wildman–Crippen MR) is 95.8 cm³/mol. The number of hydrogen-bond donors (Lipinski definition) is 0. The fraction of sp³-hybridized carbons (Fsp3) is 0.684. The molecule has 2 aliphatic rings. The van der Waals surface area contributed by atoms with Crippen molar-refractivity contribution in [1.29, 1.82) is 0 Å². The lowest BCUT2D eigenvalue weighted by atomic mass is 9.78. The summed E-state index contributed by atoms with van der Waals surface area (Å²) in [5.41, 5.74) is 1.90. The summed E-state index contributed by atoms with van der Waals surface area (Å²) in [5, 5.41) is 0. The first-order valence-electron chi connectivity index (χ1n) is 8.86. The van der Waals surface area contributed by atoms with Crippen LogP contribution >= 0.6 is 0 Å². The molecule has 0 aliphatic carbocycles. The summed E-state index contributed by atoms with van der Waals surface area (Å²) in [6, 6.07) is 9.37. The summed E-state index contributed by atoms with van der Waals surface area (Å²) in [6.07, 6.45) is 1.30. The van der Waals surface area contributed by atoms with Crippen LogP contribution in [0.3, 0.4) is 0 Å². The maximum Gasteiger partial charge on any atom is 0.494 e. The summed E-state index contributed by atoms with van der Waals surface area (Å²) < 4.78 is 12.4. The van der Waals surface area contributed by atoms with Crippen molar-refractivity contribution in [2.24, 2.45) is 5.92 Å². The average Bonchev–Trinajstić information content (AvgIpc) is 2.86. The van der Waals surface area contributed by atoms with Gasteiger partial charge in [0.25, 0.3) is 0 Å². The molecule has 2 heterocycles. The summed E-state index contributed by atoms with van der Waals surface area (Å²) in [5.74, 6) is 0.802. The largest absolute Gasteiger partial charge is 0.494 e. The Morgan fingerprint density at radius 1 is 1.13 bits per heavy atom. The molecule has 126 valence electrons. The average molecular weight is 315 g/mol. The topological polar surface area (TPSA) is 21.7 Å². The minimum absolute atomic E-state index is 0.269. The Balaban J connectivity index is 1.74. The molecule has 0 N–H and O–H groups in total. The Hall–Kier alpha value is -0.835. The zero-order valence-electron chi connectivity index (χ0n) is 15.4. The molecule has 2 fully saturated rings. The zero-order chi connectivity index (χ0) is 16.8. The highest BCUT2D eigenvalue weighted by Crippen LogP contribution is 2.36. The highest BCUT2D eigenvalue weighted by atomic mass is 16.7. The van der Waals surface area contributed by atoms with Crippen molar-refractivity contribution in [3.63, 3.8) is 0 Å². The van der Waals surface area contributed by atoms with Crippen LogP contribution in [0.2, 0.25) is 0 Å². The van der Waals surface area contributed by atoms with Crippen LogP contribution in [0, 0.1) is 5.92 Å². The number of hydrogen-bond acceptors (Lipinski definition) is 3. The van der Waals surface area contributed by atoms with Gasteiger partial charge < -0.3 is 9.31 Å². The minimum atomic E-state index is -0.285. The molecule has 3 nitrogen and oxygen atoms in total. The lowest BCUT2D eigenvalue weighted by molar-refractivity contribution is 0.00578. The molecule has 2 atom stereocenters. The van der Waals surface area contributed by atoms with Crippen LogP contribution in [0.5, 0.6) is 0 Å². The molecule has 0 saturated carbocycles. The highest BCUT2D eigenvalue weighted by molar-refractivity contribution is 6.62. The Bertz CT molecular complexity index is 556. The van der Waals surface area contributed by atoms with Gasteiger partial charge >= 0.3 is 7.12 Å². The first-order chi connectivity index (χ1) is 10.7. The van der Waals surface area contributed by atoms with Gasteiger partial charge in [0.2, 0.25) is 0 Å². The summed E-state index contributed by atoms with van der Waals surface area (Å²) in [7, 11) is -0.269. The monoisotopic (exact) mass is 315 g/mol. The van der Waals surface area contributed by atoms with Crippen molar-refractivity contribution in [3.8, 4) is 0 Å². The number of nitrogens with zero attached hydrogens (tertiary/aromatic N) is 1. The van der Waals surface area contributed by atoms with Gasteiger partial charge in [0.05, 0.1) is 11.2 Å². The number of likely N-dealkylation sites (tertiary alicyclic amines) is 1. The molecular formula is C19H30BNO2. The van der Waals surface area contributed by atoms with Gasteiger partial charge in [0, 0.05) is 19.1 Å². The van der Waals surface area contributed by atoms with Crippen LogP contribution in [0.25, 0.3) is 0 Å². The fourth-order valence-corrected chi connectivity index (χ4v) is 3.66. The Kier molecular flexibility index (Phi) is 4.37. The van der Waals surface area contributed by atoms with Gasteiger partial charge in [-0.25, -0.2) is 0 Å². The van der Waals surface area contributed by atoms with E-state index in [-0.39, 0.29) is 18.3 Å². The van der Waals surface area contributed by atoms with Crippen molar-refractivity contribution in [1.82, 2.24) is 4.90 Å².